The lowest BCUT2D eigenvalue weighted by molar-refractivity contribution is -0.133. The molecular formula is C10H20N2O2. The van der Waals surface area contributed by atoms with Crippen molar-refractivity contribution in [3.63, 3.8) is 0 Å². The van der Waals surface area contributed by atoms with Crippen molar-refractivity contribution in [1.29, 1.82) is 0 Å². The van der Waals surface area contributed by atoms with E-state index in [1.165, 1.54) is 0 Å². The SMILES string of the molecule is COCCC(=O)N1CCNCCC1C. The van der Waals surface area contributed by atoms with E-state index in [9.17, 15) is 4.79 Å². The van der Waals surface area contributed by atoms with Crippen molar-refractivity contribution in [2.45, 2.75) is 25.8 Å². The van der Waals surface area contributed by atoms with Crippen LogP contribution in [0.4, 0.5) is 0 Å². The Hall–Kier alpha value is -0.610. The lowest BCUT2D eigenvalue weighted by atomic mass is 10.2. The number of methoxy groups -OCH3 is 1. The lowest BCUT2D eigenvalue weighted by Gasteiger charge is -2.26. The Morgan fingerprint density at radius 3 is 3.07 bits per heavy atom. The molecule has 1 unspecified atom stereocenters. The van der Waals surface area contributed by atoms with Crippen molar-refractivity contribution in [3.05, 3.63) is 0 Å². The molecule has 4 heteroatoms. The van der Waals surface area contributed by atoms with Gasteiger partial charge in [-0.25, -0.2) is 0 Å². The highest BCUT2D eigenvalue weighted by molar-refractivity contribution is 5.76. The third kappa shape index (κ3) is 3.27. The Labute approximate surface area is 85.6 Å². The van der Waals surface area contributed by atoms with Gasteiger partial charge < -0.3 is 15.0 Å². The summed E-state index contributed by atoms with van der Waals surface area (Å²) in [4.78, 5) is 13.7. The maximum absolute atomic E-state index is 11.7. The second kappa shape index (κ2) is 5.98. The summed E-state index contributed by atoms with van der Waals surface area (Å²) in [5, 5.41) is 3.29. The zero-order chi connectivity index (χ0) is 10.4. The van der Waals surface area contributed by atoms with Crippen molar-refractivity contribution in [1.82, 2.24) is 10.2 Å². The zero-order valence-electron chi connectivity index (χ0n) is 9.08. The Bertz CT molecular complexity index is 185. The molecule has 0 aromatic rings. The second-order valence-corrected chi connectivity index (χ2v) is 3.72. The van der Waals surface area contributed by atoms with E-state index in [0.717, 1.165) is 26.1 Å². The standard InChI is InChI=1S/C10H20N2O2/c1-9-3-5-11-6-7-12(9)10(13)4-8-14-2/h9,11H,3-8H2,1-2H3. The average Bonchev–Trinajstić information content (AvgIpc) is 2.39. The molecule has 0 radical (unpaired) electrons. The molecule has 82 valence electrons. The number of ether oxygens (including phenoxy) is 1. The van der Waals surface area contributed by atoms with Crippen LogP contribution in [0.2, 0.25) is 0 Å². The number of hydrogen-bond donors (Lipinski definition) is 1. The Balaban J connectivity index is 2.41. The van der Waals surface area contributed by atoms with Gasteiger partial charge in [-0.15, -0.1) is 0 Å². The normalized spacial score (nSPS) is 23.3. The highest BCUT2D eigenvalue weighted by atomic mass is 16.5. The van der Waals surface area contributed by atoms with Crippen LogP contribution in [0, 0.1) is 0 Å². The number of carbonyl (C=O) groups is 1. The fraction of sp³-hybridized carbons (Fsp3) is 0.900. The van der Waals surface area contributed by atoms with E-state index in [-0.39, 0.29) is 5.91 Å². The van der Waals surface area contributed by atoms with Gasteiger partial charge in [-0.05, 0) is 19.9 Å². The molecule has 1 N–H and O–H groups in total. The lowest BCUT2D eigenvalue weighted by Crippen LogP contribution is -2.40. The molecule has 0 aromatic heterocycles. The van der Waals surface area contributed by atoms with Gasteiger partial charge in [-0.2, -0.15) is 0 Å². The zero-order valence-corrected chi connectivity index (χ0v) is 9.08. The van der Waals surface area contributed by atoms with E-state index in [4.69, 9.17) is 4.74 Å². The molecule has 1 fully saturated rings. The third-order valence-electron chi connectivity index (χ3n) is 2.64. The van der Waals surface area contributed by atoms with Crippen LogP contribution in [0.1, 0.15) is 19.8 Å². The fourth-order valence-electron chi connectivity index (χ4n) is 1.72. The predicted molar refractivity (Wildman–Crippen MR) is 55.2 cm³/mol. The van der Waals surface area contributed by atoms with Crippen LogP contribution in [0.3, 0.4) is 0 Å². The summed E-state index contributed by atoms with van der Waals surface area (Å²) in [5.74, 6) is 0.211. The maximum Gasteiger partial charge on any atom is 0.225 e. The van der Waals surface area contributed by atoms with Crippen LogP contribution in [0.5, 0.6) is 0 Å². The fourth-order valence-corrected chi connectivity index (χ4v) is 1.72. The maximum atomic E-state index is 11.7. The molecule has 0 spiro atoms. The Kier molecular flexibility index (Phi) is 4.90. The van der Waals surface area contributed by atoms with E-state index in [1.807, 2.05) is 4.90 Å². The van der Waals surface area contributed by atoms with Gasteiger partial charge in [-0.3, -0.25) is 4.79 Å². The van der Waals surface area contributed by atoms with Crippen molar-refractivity contribution >= 4 is 5.91 Å². The summed E-state index contributed by atoms with van der Waals surface area (Å²) in [5.41, 5.74) is 0. The van der Waals surface area contributed by atoms with Crippen LogP contribution in [-0.4, -0.2) is 50.2 Å². The van der Waals surface area contributed by atoms with Crippen LogP contribution in [0.25, 0.3) is 0 Å². The molecule has 1 aliphatic heterocycles. The van der Waals surface area contributed by atoms with Crippen LogP contribution in [-0.2, 0) is 9.53 Å². The summed E-state index contributed by atoms with van der Waals surface area (Å²) in [6.45, 7) is 5.37. The summed E-state index contributed by atoms with van der Waals surface area (Å²) in [7, 11) is 1.63. The number of carbonyl (C=O) groups excluding carboxylic acids is 1. The van der Waals surface area contributed by atoms with E-state index in [1.54, 1.807) is 7.11 Å². The van der Waals surface area contributed by atoms with E-state index < -0.39 is 0 Å². The molecule has 1 saturated heterocycles. The molecule has 4 nitrogen and oxygen atoms in total. The summed E-state index contributed by atoms with van der Waals surface area (Å²) in [6, 6.07) is 0.356. The van der Waals surface area contributed by atoms with Crippen molar-refractivity contribution in [2.75, 3.05) is 33.4 Å². The topological polar surface area (TPSA) is 41.6 Å². The molecule has 0 saturated carbocycles. The number of nitrogens with one attached hydrogen (secondary N) is 1. The number of hydrogen-bond acceptors (Lipinski definition) is 3. The average molecular weight is 200 g/mol. The van der Waals surface area contributed by atoms with Crippen LogP contribution in [0.15, 0.2) is 0 Å². The minimum atomic E-state index is 0.211. The molecular weight excluding hydrogens is 180 g/mol. The summed E-state index contributed by atoms with van der Waals surface area (Å²) < 4.78 is 4.91. The first-order valence-corrected chi connectivity index (χ1v) is 5.25. The third-order valence-corrected chi connectivity index (χ3v) is 2.64. The van der Waals surface area contributed by atoms with Gasteiger partial charge in [-0.1, -0.05) is 0 Å². The quantitative estimate of drug-likeness (QED) is 0.709. The number of rotatable bonds is 3. The smallest absolute Gasteiger partial charge is 0.225 e. The summed E-state index contributed by atoms with van der Waals surface area (Å²) in [6.07, 6.45) is 1.54. The highest BCUT2D eigenvalue weighted by Crippen LogP contribution is 2.07. The molecule has 1 aliphatic rings. The van der Waals surface area contributed by atoms with Gasteiger partial charge in [0.15, 0.2) is 0 Å². The van der Waals surface area contributed by atoms with E-state index in [2.05, 4.69) is 12.2 Å². The number of nitrogens with zero attached hydrogens (tertiary/aromatic N) is 1. The molecule has 1 amide bonds. The van der Waals surface area contributed by atoms with Crippen LogP contribution < -0.4 is 5.32 Å². The molecule has 0 aromatic carbocycles. The highest BCUT2D eigenvalue weighted by Gasteiger charge is 2.20. The van der Waals surface area contributed by atoms with Gasteiger partial charge in [0, 0.05) is 26.2 Å². The first-order chi connectivity index (χ1) is 6.75. The van der Waals surface area contributed by atoms with E-state index in [0.29, 0.717) is 19.1 Å². The van der Waals surface area contributed by atoms with E-state index >= 15 is 0 Å². The monoisotopic (exact) mass is 200 g/mol. The minimum absolute atomic E-state index is 0.211. The van der Waals surface area contributed by atoms with Crippen molar-refractivity contribution in [2.24, 2.45) is 0 Å². The largest absolute Gasteiger partial charge is 0.384 e. The Morgan fingerprint density at radius 1 is 1.57 bits per heavy atom. The Morgan fingerprint density at radius 2 is 2.36 bits per heavy atom. The first-order valence-electron chi connectivity index (χ1n) is 5.25. The molecule has 0 aliphatic carbocycles. The van der Waals surface area contributed by atoms with Gasteiger partial charge in [0.25, 0.3) is 0 Å². The van der Waals surface area contributed by atoms with Gasteiger partial charge in [0.2, 0.25) is 5.91 Å². The van der Waals surface area contributed by atoms with Gasteiger partial charge in [0.1, 0.15) is 0 Å². The summed E-state index contributed by atoms with van der Waals surface area (Å²) >= 11 is 0. The predicted octanol–water partition coefficient (Wildman–Crippen LogP) is 0.233. The van der Waals surface area contributed by atoms with Crippen molar-refractivity contribution < 1.29 is 9.53 Å². The first kappa shape index (κ1) is 11.5. The molecule has 0 bridgehead atoms. The molecule has 1 heterocycles. The second-order valence-electron chi connectivity index (χ2n) is 3.72. The number of amides is 1. The minimum Gasteiger partial charge on any atom is -0.384 e. The van der Waals surface area contributed by atoms with Crippen LogP contribution >= 0.6 is 0 Å². The van der Waals surface area contributed by atoms with Crippen molar-refractivity contribution in [3.8, 4) is 0 Å². The van der Waals surface area contributed by atoms with Gasteiger partial charge >= 0.3 is 0 Å². The van der Waals surface area contributed by atoms with Gasteiger partial charge in [0.05, 0.1) is 13.0 Å². The molecule has 1 rings (SSSR count). The molecule has 1 atom stereocenters. The molecule has 14 heavy (non-hydrogen) atoms.